The van der Waals surface area contributed by atoms with Gasteiger partial charge in [-0.05, 0) is 56.5 Å². The van der Waals surface area contributed by atoms with Crippen molar-refractivity contribution >= 4 is 16.7 Å². The van der Waals surface area contributed by atoms with Gasteiger partial charge in [0.25, 0.3) is 0 Å². The number of hydrogen-bond acceptors (Lipinski definition) is 6. The first-order valence-corrected chi connectivity index (χ1v) is 9.06. The van der Waals surface area contributed by atoms with E-state index in [4.69, 9.17) is 0 Å². The summed E-state index contributed by atoms with van der Waals surface area (Å²) in [7, 11) is 2.04. The van der Waals surface area contributed by atoms with E-state index < -0.39 is 0 Å². The lowest BCUT2D eigenvalue weighted by Crippen LogP contribution is -2.35. The highest BCUT2D eigenvalue weighted by atomic mass is 16.3. The van der Waals surface area contributed by atoms with Gasteiger partial charge in [-0.1, -0.05) is 6.07 Å². The Hall–Kier alpha value is -2.73. The van der Waals surface area contributed by atoms with E-state index in [1.807, 2.05) is 19.2 Å². The molecule has 1 aromatic carbocycles. The Morgan fingerprint density at radius 1 is 0.962 bits per heavy atom. The number of aromatic hydroxyl groups is 1. The molecule has 0 bridgehead atoms. The molecule has 0 atom stereocenters. The first-order chi connectivity index (χ1) is 12.7. The summed E-state index contributed by atoms with van der Waals surface area (Å²) in [6.07, 6.45) is 9.41. The number of benzene rings is 1. The van der Waals surface area contributed by atoms with E-state index in [1.165, 1.54) is 19.0 Å². The highest BCUT2D eigenvalue weighted by Crippen LogP contribution is 2.29. The van der Waals surface area contributed by atoms with E-state index in [0.29, 0.717) is 12.1 Å². The molecule has 1 aliphatic rings. The molecule has 134 valence electrons. The lowest BCUT2D eigenvalue weighted by atomic mass is 9.91. The molecule has 0 amide bonds. The smallest absolute Gasteiger partial charge is 0.137 e. The monoisotopic (exact) mass is 349 g/mol. The van der Waals surface area contributed by atoms with Crippen molar-refractivity contribution in [3.8, 4) is 16.9 Å². The lowest BCUT2D eigenvalue weighted by molar-refractivity contribution is 0.371. The van der Waals surface area contributed by atoms with Crippen LogP contribution in [-0.4, -0.2) is 39.2 Å². The SMILES string of the molecule is CNC1CCC(Nc2ncnc3ccc(-c4cncc(O)c4)cc23)CC1. The summed E-state index contributed by atoms with van der Waals surface area (Å²) in [5, 5.41) is 17.7. The molecule has 3 N–H and O–H groups in total. The Balaban J connectivity index is 1.64. The van der Waals surface area contributed by atoms with E-state index in [2.05, 4.69) is 31.7 Å². The van der Waals surface area contributed by atoms with Crippen LogP contribution in [0.5, 0.6) is 5.75 Å². The second-order valence-electron chi connectivity index (χ2n) is 6.87. The Morgan fingerprint density at radius 3 is 2.54 bits per heavy atom. The van der Waals surface area contributed by atoms with Crippen molar-refractivity contribution in [1.82, 2.24) is 20.3 Å². The van der Waals surface area contributed by atoms with Gasteiger partial charge < -0.3 is 15.7 Å². The molecule has 0 radical (unpaired) electrons. The zero-order valence-electron chi connectivity index (χ0n) is 14.8. The van der Waals surface area contributed by atoms with Gasteiger partial charge in [0.2, 0.25) is 0 Å². The standard InChI is InChI=1S/C20H23N5O/c1-21-15-3-5-16(6-4-15)25-20-18-9-13(2-7-19(18)23-12-24-20)14-8-17(26)11-22-10-14/h2,7-12,15-16,21,26H,3-6H2,1H3,(H,23,24,25). The van der Waals surface area contributed by atoms with Crippen molar-refractivity contribution in [2.75, 3.05) is 12.4 Å². The second kappa shape index (κ2) is 7.25. The Bertz CT molecular complexity index is 906. The Labute approximate surface area is 152 Å². The fourth-order valence-corrected chi connectivity index (χ4v) is 3.66. The maximum Gasteiger partial charge on any atom is 0.137 e. The lowest BCUT2D eigenvalue weighted by Gasteiger charge is -2.29. The molecule has 1 saturated carbocycles. The topological polar surface area (TPSA) is 83.0 Å². The van der Waals surface area contributed by atoms with Crippen LogP contribution in [-0.2, 0) is 0 Å². The van der Waals surface area contributed by atoms with Gasteiger partial charge >= 0.3 is 0 Å². The minimum absolute atomic E-state index is 0.159. The molecule has 6 nitrogen and oxygen atoms in total. The van der Waals surface area contributed by atoms with Crippen LogP contribution in [0, 0.1) is 0 Å². The summed E-state index contributed by atoms with van der Waals surface area (Å²) in [6, 6.07) is 8.81. The van der Waals surface area contributed by atoms with Gasteiger partial charge in [-0.15, -0.1) is 0 Å². The van der Waals surface area contributed by atoms with Crippen LogP contribution >= 0.6 is 0 Å². The minimum atomic E-state index is 0.159. The van der Waals surface area contributed by atoms with Gasteiger partial charge in [0.1, 0.15) is 17.9 Å². The van der Waals surface area contributed by atoms with Gasteiger partial charge in [0.15, 0.2) is 0 Å². The number of aromatic nitrogens is 3. The van der Waals surface area contributed by atoms with Crippen molar-refractivity contribution in [1.29, 1.82) is 0 Å². The first kappa shape index (κ1) is 16.7. The van der Waals surface area contributed by atoms with Gasteiger partial charge in [-0.25, -0.2) is 9.97 Å². The van der Waals surface area contributed by atoms with Crippen LogP contribution in [0.2, 0.25) is 0 Å². The zero-order chi connectivity index (χ0) is 17.9. The number of pyridine rings is 1. The number of anilines is 1. The van der Waals surface area contributed by atoms with Crippen LogP contribution in [0.15, 0.2) is 43.0 Å². The van der Waals surface area contributed by atoms with Crippen LogP contribution in [0.25, 0.3) is 22.0 Å². The molecule has 3 aromatic rings. The molecule has 4 rings (SSSR count). The van der Waals surface area contributed by atoms with Crippen LogP contribution in [0.1, 0.15) is 25.7 Å². The Kier molecular flexibility index (Phi) is 4.67. The predicted octanol–water partition coefficient (Wildman–Crippen LogP) is 3.34. The molecule has 0 unspecified atom stereocenters. The van der Waals surface area contributed by atoms with Gasteiger partial charge in [-0.2, -0.15) is 0 Å². The average Bonchev–Trinajstić information content (AvgIpc) is 2.68. The maximum atomic E-state index is 9.70. The highest BCUT2D eigenvalue weighted by Gasteiger charge is 2.20. The van der Waals surface area contributed by atoms with Crippen molar-refractivity contribution in [2.24, 2.45) is 0 Å². The average molecular weight is 349 g/mol. The quantitative estimate of drug-likeness (QED) is 0.670. The summed E-state index contributed by atoms with van der Waals surface area (Å²) in [4.78, 5) is 12.9. The number of rotatable bonds is 4. The molecule has 0 saturated heterocycles. The molecule has 0 aliphatic heterocycles. The fraction of sp³-hybridized carbons (Fsp3) is 0.350. The largest absolute Gasteiger partial charge is 0.506 e. The molecule has 2 heterocycles. The normalized spacial score (nSPS) is 20.2. The van der Waals surface area contributed by atoms with Crippen LogP contribution in [0.4, 0.5) is 5.82 Å². The summed E-state index contributed by atoms with van der Waals surface area (Å²) < 4.78 is 0. The number of hydrogen-bond donors (Lipinski definition) is 3. The first-order valence-electron chi connectivity index (χ1n) is 9.06. The van der Waals surface area contributed by atoms with E-state index in [-0.39, 0.29) is 5.75 Å². The maximum absolute atomic E-state index is 9.70. The Morgan fingerprint density at radius 2 is 1.77 bits per heavy atom. The van der Waals surface area contributed by atoms with Crippen LogP contribution in [0.3, 0.4) is 0 Å². The summed E-state index contributed by atoms with van der Waals surface area (Å²) >= 11 is 0. The van der Waals surface area contributed by atoms with Gasteiger partial charge in [0.05, 0.1) is 11.7 Å². The third-order valence-electron chi connectivity index (χ3n) is 5.17. The summed E-state index contributed by atoms with van der Waals surface area (Å²) in [6.45, 7) is 0. The third-order valence-corrected chi connectivity index (χ3v) is 5.17. The zero-order valence-corrected chi connectivity index (χ0v) is 14.8. The van der Waals surface area contributed by atoms with Crippen molar-refractivity contribution in [3.63, 3.8) is 0 Å². The predicted molar refractivity (Wildman–Crippen MR) is 103 cm³/mol. The molecule has 2 aromatic heterocycles. The van der Waals surface area contributed by atoms with E-state index in [9.17, 15) is 5.11 Å². The summed E-state index contributed by atoms with van der Waals surface area (Å²) in [5.74, 6) is 1.03. The highest BCUT2D eigenvalue weighted by molar-refractivity contribution is 5.92. The van der Waals surface area contributed by atoms with E-state index in [1.54, 1.807) is 18.6 Å². The molecule has 0 spiro atoms. The second-order valence-corrected chi connectivity index (χ2v) is 6.87. The van der Waals surface area contributed by atoms with Crippen molar-refractivity contribution in [2.45, 2.75) is 37.8 Å². The van der Waals surface area contributed by atoms with Gasteiger partial charge in [-0.3, -0.25) is 4.98 Å². The number of fused-ring (bicyclic) bond motifs is 1. The van der Waals surface area contributed by atoms with E-state index >= 15 is 0 Å². The molecular formula is C20H23N5O. The number of nitrogens with zero attached hydrogens (tertiary/aromatic N) is 3. The molecule has 26 heavy (non-hydrogen) atoms. The fourth-order valence-electron chi connectivity index (χ4n) is 3.66. The number of nitrogens with one attached hydrogen (secondary N) is 2. The summed E-state index contributed by atoms with van der Waals surface area (Å²) in [5.41, 5.74) is 2.76. The van der Waals surface area contributed by atoms with E-state index in [0.717, 1.165) is 40.7 Å². The van der Waals surface area contributed by atoms with Gasteiger partial charge in [0, 0.05) is 29.2 Å². The molecule has 6 heteroatoms. The third kappa shape index (κ3) is 3.46. The van der Waals surface area contributed by atoms with Crippen molar-refractivity contribution < 1.29 is 5.11 Å². The van der Waals surface area contributed by atoms with Crippen LogP contribution < -0.4 is 10.6 Å². The molecular weight excluding hydrogens is 326 g/mol. The van der Waals surface area contributed by atoms with Crippen molar-refractivity contribution in [3.05, 3.63) is 43.0 Å². The minimum Gasteiger partial charge on any atom is -0.506 e. The molecule has 1 fully saturated rings. The molecule has 1 aliphatic carbocycles.